The monoisotopic (exact) mass is 229 g/mol. The average molecular weight is 229 g/mol. The predicted octanol–water partition coefficient (Wildman–Crippen LogP) is 1.29. The van der Waals surface area contributed by atoms with Crippen LogP contribution in [0.4, 0.5) is 0 Å². The summed E-state index contributed by atoms with van der Waals surface area (Å²) >= 11 is 0. The van der Waals surface area contributed by atoms with Crippen LogP contribution in [0, 0.1) is 5.92 Å². The lowest BCUT2D eigenvalue weighted by Crippen LogP contribution is -2.50. The lowest BCUT2D eigenvalue weighted by atomic mass is 9.95. The Hall–Kier alpha value is -0.610. The van der Waals surface area contributed by atoms with Crippen molar-refractivity contribution in [3.63, 3.8) is 0 Å². The predicted molar refractivity (Wildman–Crippen MR) is 62.2 cm³/mol. The highest BCUT2D eigenvalue weighted by Crippen LogP contribution is 2.21. The average Bonchev–Trinajstić information content (AvgIpc) is 2.29. The van der Waals surface area contributed by atoms with Crippen LogP contribution >= 0.6 is 0 Å². The summed E-state index contributed by atoms with van der Waals surface area (Å²) in [7, 11) is 1.74. The van der Waals surface area contributed by atoms with Gasteiger partial charge < -0.3 is 9.47 Å². The van der Waals surface area contributed by atoms with Crippen LogP contribution in [-0.2, 0) is 14.3 Å². The first kappa shape index (κ1) is 13.5. The Labute approximate surface area is 97.9 Å². The third-order valence-corrected chi connectivity index (χ3v) is 3.40. The number of carbonyl (C=O) groups excluding carboxylic acids is 1. The standard InChI is InChI=1S/C12H23NO3/c1-5-16-12(14)10(3)13-7-6-9(2)11(8-13)15-4/h9-11H,5-8H2,1-4H3. The van der Waals surface area contributed by atoms with Crippen molar-refractivity contribution in [1.82, 2.24) is 4.90 Å². The van der Waals surface area contributed by atoms with Gasteiger partial charge in [0.05, 0.1) is 12.7 Å². The molecule has 1 fully saturated rings. The van der Waals surface area contributed by atoms with Crippen molar-refractivity contribution in [3.8, 4) is 0 Å². The fourth-order valence-electron chi connectivity index (χ4n) is 2.13. The van der Waals surface area contributed by atoms with Gasteiger partial charge in [-0.2, -0.15) is 0 Å². The summed E-state index contributed by atoms with van der Waals surface area (Å²) in [5.41, 5.74) is 0. The van der Waals surface area contributed by atoms with Gasteiger partial charge in [0, 0.05) is 13.7 Å². The number of hydrogen-bond donors (Lipinski definition) is 0. The van der Waals surface area contributed by atoms with Crippen LogP contribution in [0.15, 0.2) is 0 Å². The molecule has 0 saturated carbocycles. The molecule has 1 rings (SSSR count). The van der Waals surface area contributed by atoms with E-state index in [1.165, 1.54) is 0 Å². The molecule has 0 amide bonds. The molecule has 0 aromatic heterocycles. The zero-order valence-corrected chi connectivity index (χ0v) is 10.7. The first-order valence-electron chi connectivity index (χ1n) is 6.03. The second-order valence-corrected chi connectivity index (χ2v) is 4.46. The highest BCUT2D eigenvalue weighted by molar-refractivity contribution is 5.75. The fourth-order valence-corrected chi connectivity index (χ4v) is 2.13. The zero-order valence-electron chi connectivity index (χ0n) is 10.7. The Morgan fingerprint density at radius 3 is 2.81 bits per heavy atom. The van der Waals surface area contributed by atoms with E-state index in [1.54, 1.807) is 7.11 Å². The van der Waals surface area contributed by atoms with E-state index in [0.717, 1.165) is 19.5 Å². The first-order chi connectivity index (χ1) is 7.60. The Kier molecular flexibility index (Phi) is 5.22. The SMILES string of the molecule is CCOC(=O)C(C)N1CCC(C)C(OC)C1. The van der Waals surface area contributed by atoms with Crippen LogP contribution in [0.25, 0.3) is 0 Å². The number of likely N-dealkylation sites (tertiary alicyclic amines) is 1. The summed E-state index contributed by atoms with van der Waals surface area (Å²) in [6.45, 7) is 8.14. The first-order valence-corrected chi connectivity index (χ1v) is 6.03. The van der Waals surface area contributed by atoms with Crippen molar-refractivity contribution in [2.24, 2.45) is 5.92 Å². The summed E-state index contributed by atoms with van der Waals surface area (Å²) in [6.07, 6.45) is 1.30. The molecule has 1 aliphatic heterocycles. The molecule has 94 valence electrons. The molecule has 0 aromatic carbocycles. The number of ether oxygens (including phenoxy) is 2. The van der Waals surface area contributed by atoms with Crippen LogP contribution < -0.4 is 0 Å². The van der Waals surface area contributed by atoms with Gasteiger partial charge in [0.2, 0.25) is 0 Å². The second-order valence-electron chi connectivity index (χ2n) is 4.46. The number of esters is 1. The van der Waals surface area contributed by atoms with Gasteiger partial charge in [0.25, 0.3) is 0 Å². The number of nitrogens with zero attached hydrogens (tertiary/aromatic N) is 1. The minimum atomic E-state index is -0.162. The Morgan fingerprint density at radius 2 is 2.25 bits per heavy atom. The molecule has 0 aromatic rings. The van der Waals surface area contributed by atoms with Gasteiger partial charge in [-0.05, 0) is 32.7 Å². The Balaban J connectivity index is 2.51. The van der Waals surface area contributed by atoms with Gasteiger partial charge in [-0.1, -0.05) is 6.92 Å². The maximum absolute atomic E-state index is 11.6. The topological polar surface area (TPSA) is 38.8 Å². The molecule has 0 spiro atoms. The van der Waals surface area contributed by atoms with E-state index in [0.29, 0.717) is 12.5 Å². The number of hydrogen-bond acceptors (Lipinski definition) is 4. The van der Waals surface area contributed by atoms with Gasteiger partial charge in [-0.3, -0.25) is 9.69 Å². The molecule has 0 radical (unpaired) electrons. The molecule has 4 nitrogen and oxygen atoms in total. The number of rotatable bonds is 4. The maximum atomic E-state index is 11.6. The quantitative estimate of drug-likeness (QED) is 0.681. The maximum Gasteiger partial charge on any atom is 0.323 e. The van der Waals surface area contributed by atoms with Gasteiger partial charge in [-0.25, -0.2) is 0 Å². The molecule has 0 aliphatic carbocycles. The van der Waals surface area contributed by atoms with E-state index in [9.17, 15) is 4.79 Å². The summed E-state index contributed by atoms with van der Waals surface area (Å²) in [4.78, 5) is 13.8. The van der Waals surface area contributed by atoms with Crippen LogP contribution in [0.1, 0.15) is 27.2 Å². The third-order valence-electron chi connectivity index (χ3n) is 3.40. The highest BCUT2D eigenvalue weighted by Gasteiger charge is 2.31. The molecule has 3 unspecified atom stereocenters. The van der Waals surface area contributed by atoms with E-state index >= 15 is 0 Å². The molecule has 0 N–H and O–H groups in total. The largest absolute Gasteiger partial charge is 0.465 e. The van der Waals surface area contributed by atoms with Crippen LogP contribution in [0.2, 0.25) is 0 Å². The zero-order chi connectivity index (χ0) is 12.1. The van der Waals surface area contributed by atoms with Crippen LogP contribution in [0.5, 0.6) is 0 Å². The van der Waals surface area contributed by atoms with Crippen molar-refractivity contribution < 1.29 is 14.3 Å². The Morgan fingerprint density at radius 1 is 1.56 bits per heavy atom. The number of piperidine rings is 1. The minimum absolute atomic E-state index is 0.132. The molecule has 1 saturated heterocycles. The van der Waals surface area contributed by atoms with Crippen molar-refractivity contribution in [2.75, 3.05) is 26.8 Å². The van der Waals surface area contributed by atoms with Gasteiger partial charge in [0.1, 0.15) is 6.04 Å². The summed E-state index contributed by atoms with van der Waals surface area (Å²) in [5.74, 6) is 0.433. The fraction of sp³-hybridized carbons (Fsp3) is 0.917. The summed E-state index contributed by atoms with van der Waals surface area (Å²) in [5, 5.41) is 0. The molecule has 1 aliphatic rings. The normalized spacial score (nSPS) is 28.8. The number of carbonyl (C=O) groups is 1. The Bertz CT molecular complexity index is 232. The van der Waals surface area contributed by atoms with Gasteiger partial charge in [-0.15, -0.1) is 0 Å². The lowest BCUT2D eigenvalue weighted by Gasteiger charge is -2.38. The van der Waals surface area contributed by atoms with Gasteiger partial charge in [0.15, 0.2) is 0 Å². The summed E-state index contributed by atoms with van der Waals surface area (Å²) < 4.78 is 10.5. The second kappa shape index (κ2) is 6.21. The molecule has 3 atom stereocenters. The van der Waals surface area contributed by atoms with Crippen molar-refractivity contribution >= 4 is 5.97 Å². The molecule has 16 heavy (non-hydrogen) atoms. The molecular formula is C12H23NO3. The smallest absolute Gasteiger partial charge is 0.323 e. The van der Waals surface area contributed by atoms with Crippen LogP contribution in [0.3, 0.4) is 0 Å². The third kappa shape index (κ3) is 3.19. The number of methoxy groups -OCH3 is 1. The summed E-state index contributed by atoms with van der Waals surface area (Å²) in [6, 6.07) is -0.162. The minimum Gasteiger partial charge on any atom is -0.465 e. The van der Waals surface area contributed by atoms with Crippen molar-refractivity contribution in [3.05, 3.63) is 0 Å². The molecule has 1 heterocycles. The van der Waals surface area contributed by atoms with E-state index in [-0.39, 0.29) is 18.1 Å². The van der Waals surface area contributed by atoms with E-state index in [1.807, 2.05) is 13.8 Å². The van der Waals surface area contributed by atoms with E-state index in [4.69, 9.17) is 9.47 Å². The van der Waals surface area contributed by atoms with Crippen molar-refractivity contribution in [2.45, 2.75) is 39.3 Å². The van der Waals surface area contributed by atoms with Crippen LogP contribution in [-0.4, -0.2) is 49.8 Å². The molecule has 4 heteroatoms. The van der Waals surface area contributed by atoms with Gasteiger partial charge >= 0.3 is 5.97 Å². The lowest BCUT2D eigenvalue weighted by molar-refractivity contribution is -0.150. The molecular weight excluding hydrogens is 206 g/mol. The van der Waals surface area contributed by atoms with E-state index < -0.39 is 0 Å². The van der Waals surface area contributed by atoms with E-state index in [2.05, 4.69) is 11.8 Å². The highest BCUT2D eigenvalue weighted by atomic mass is 16.5. The molecule has 0 bridgehead atoms. The van der Waals surface area contributed by atoms with Crippen molar-refractivity contribution in [1.29, 1.82) is 0 Å².